The van der Waals surface area contributed by atoms with Crippen LogP contribution in [0, 0.1) is 17.0 Å². The second-order valence-corrected chi connectivity index (χ2v) is 4.66. The number of rotatable bonds is 7. The first-order valence-electron chi connectivity index (χ1n) is 5.82. The molecular formula is C11H17BrN4O2. The highest BCUT2D eigenvalue weighted by atomic mass is 79.9. The lowest BCUT2D eigenvalue weighted by atomic mass is 10.2. The van der Waals surface area contributed by atoms with Crippen molar-refractivity contribution in [2.24, 2.45) is 0 Å². The van der Waals surface area contributed by atoms with Crippen LogP contribution in [-0.4, -0.2) is 29.5 Å². The van der Waals surface area contributed by atoms with Gasteiger partial charge in [-0.05, 0) is 35.8 Å². The summed E-state index contributed by atoms with van der Waals surface area (Å²) < 4.78 is 0.646. The van der Waals surface area contributed by atoms with Gasteiger partial charge in [0.1, 0.15) is 12.0 Å². The van der Waals surface area contributed by atoms with E-state index in [9.17, 15) is 10.1 Å². The summed E-state index contributed by atoms with van der Waals surface area (Å²) in [5, 5.41) is 17.1. The molecule has 0 bridgehead atoms. The molecular weight excluding hydrogens is 300 g/mol. The van der Waals surface area contributed by atoms with Gasteiger partial charge < -0.3 is 10.6 Å². The zero-order valence-electron chi connectivity index (χ0n) is 10.5. The minimum absolute atomic E-state index is 0.0246. The standard InChI is InChI=1S/C11H17BrN4O2/c1-3-4-13-5-6-14-11-10(12)8(2)9(7-15-11)16(17)18/h7,13H,3-6H2,1-2H3,(H,14,15). The summed E-state index contributed by atoms with van der Waals surface area (Å²) in [6.07, 6.45) is 2.38. The second kappa shape index (κ2) is 7.27. The minimum Gasteiger partial charge on any atom is -0.368 e. The van der Waals surface area contributed by atoms with Crippen molar-refractivity contribution >= 4 is 27.4 Å². The van der Waals surface area contributed by atoms with Crippen molar-refractivity contribution in [3.05, 3.63) is 26.3 Å². The Balaban J connectivity index is 2.62. The maximum atomic E-state index is 10.7. The fourth-order valence-electron chi connectivity index (χ4n) is 1.45. The molecule has 0 amide bonds. The average Bonchev–Trinajstić information content (AvgIpc) is 2.33. The smallest absolute Gasteiger partial charge is 0.291 e. The largest absolute Gasteiger partial charge is 0.368 e. The molecule has 0 saturated carbocycles. The molecule has 0 fully saturated rings. The van der Waals surface area contributed by atoms with Crippen molar-refractivity contribution in [1.29, 1.82) is 0 Å². The molecule has 1 heterocycles. The highest BCUT2D eigenvalue weighted by molar-refractivity contribution is 9.10. The molecule has 0 aliphatic carbocycles. The Morgan fingerprint density at radius 3 is 2.78 bits per heavy atom. The molecule has 0 atom stereocenters. The van der Waals surface area contributed by atoms with Gasteiger partial charge in [-0.1, -0.05) is 6.92 Å². The van der Waals surface area contributed by atoms with Crippen LogP contribution in [0.2, 0.25) is 0 Å². The molecule has 18 heavy (non-hydrogen) atoms. The molecule has 100 valence electrons. The van der Waals surface area contributed by atoms with Crippen LogP contribution in [0.3, 0.4) is 0 Å². The monoisotopic (exact) mass is 316 g/mol. The van der Waals surface area contributed by atoms with Gasteiger partial charge in [0.05, 0.1) is 9.40 Å². The van der Waals surface area contributed by atoms with Crippen LogP contribution in [0.5, 0.6) is 0 Å². The fraction of sp³-hybridized carbons (Fsp3) is 0.545. The van der Waals surface area contributed by atoms with Crippen molar-refractivity contribution in [2.45, 2.75) is 20.3 Å². The Kier molecular flexibility index (Phi) is 6.00. The molecule has 0 aliphatic rings. The average molecular weight is 317 g/mol. The van der Waals surface area contributed by atoms with E-state index in [1.54, 1.807) is 6.92 Å². The van der Waals surface area contributed by atoms with E-state index in [1.165, 1.54) is 6.20 Å². The summed E-state index contributed by atoms with van der Waals surface area (Å²) in [5.74, 6) is 0.636. The normalized spacial score (nSPS) is 10.4. The lowest BCUT2D eigenvalue weighted by Gasteiger charge is -2.09. The summed E-state index contributed by atoms with van der Waals surface area (Å²) in [6, 6.07) is 0. The van der Waals surface area contributed by atoms with Gasteiger partial charge in [-0.25, -0.2) is 4.98 Å². The number of hydrogen-bond donors (Lipinski definition) is 2. The second-order valence-electron chi connectivity index (χ2n) is 3.86. The summed E-state index contributed by atoms with van der Waals surface area (Å²) >= 11 is 3.33. The molecule has 1 rings (SSSR count). The summed E-state index contributed by atoms with van der Waals surface area (Å²) in [4.78, 5) is 14.4. The van der Waals surface area contributed by atoms with Gasteiger partial charge in [0.2, 0.25) is 0 Å². The molecule has 0 aliphatic heterocycles. The number of aromatic nitrogens is 1. The van der Waals surface area contributed by atoms with Gasteiger partial charge in [0, 0.05) is 18.7 Å². The van der Waals surface area contributed by atoms with Gasteiger partial charge in [0.15, 0.2) is 0 Å². The summed E-state index contributed by atoms with van der Waals surface area (Å²) in [6.45, 7) is 6.35. The number of halogens is 1. The van der Waals surface area contributed by atoms with Crippen LogP contribution >= 0.6 is 15.9 Å². The molecule has 6 nitrogen and oxygen atoms in total. The van der Waals surface area contributed by atoms with Crippen molar-refractivity contribution in [3.8, 4) is 0 Å². The van der Waals surface area contributed by atoms with E-state index in [0.717, 1.165) is 26.1 Å². The fourth-order valence-corrected chi connectivity index (χ4v) is 1.89. The van der Waals surface area contributed by atoms with E-state index in [2.05, 4.69) is 38.5 Å². The van der Waals surface area contributed by atoms with Gasteiger partial charge >= 0.3 is 0 Å². The van der Waals surface area contributed by atoms with E-state index >= 15 is 0 Å². The van der Waals surface area contributed by atoms with Gasteiger partial charge in [0.25, 0.3) is 5.69 Å². The number of nitrogens with one attached hydrogen (secondary N) is 2. The number of anilines is 1. The topological polar surface area (TPSA) is 80.1 Å². The van der Waals surface area contributed by atoms with Crippen molar-refractivity contribution in [1.82, 2.24) is 10.3 Å². The predicted molar refractivity (Wildman–Crippen MR) is 75.0 cm³/mol. The van der Waals surface area contributed by atoms with Crippen molar-refractivity contribution < 1.29 is 4.92 Å². The molecule has 0 unspecified atom stereocenters. The molecule has 1 aromatic rings. The van der Waals surface area contributed by atoms with E-state index < -0.39 is 4.92 Å². The molecule has 7 heteroatoms. The minimum atomic E-state index is -0.431. The zero-order valence-corrected chi connectivity index (χ0v) is 12.1. The third kappa shape index (κ3) is 3.92. The lowest BCUT2D eigenvalue weighted by Crippen LogP contribution is -2.23. The first-order chi connectivity index (χ1) is 8.57. The van der Waals surface area contributed by atoms with Crippen LogP contribution in [0.15, 0.2) is 10.7 Å². The molecule has 0 radical (unpaired) electrons. The highest BCUT2D eigenvalue weighted by Gasteiger charge is 2.16. The van der Waals surface area contributed by atoms with Crippen molar-refractivity contribution in [2.75, 3.05) is 25.0 Å². The molecule has 0 spiro atoms. The summed E-state index contributed by atoms with van der Waals surface area (Å²) in [5.41, 5.74) is 0.607. The Hall–Kier alpha value is -1.21. The maximum Gasteiger partial charge on any atom is 0.291 e. The molecule has 2 N–H and O–H groups in total. The van der Waals surface area contributed by atoms with Crippen LogP contribution in [-0.2, 0) is 0 Å². The number of nitro groups is 1. The quantitative estimate of drug-likeness (QED) is 0.459. The molecule has 0 saturated heterocycles. The zero-order chi connectivity index (χ0) is 13.5. The Morgan fingerprint density at radius 2 is 2.17 bits per heavy atom. The third-order valence-corrected chi connectivity index (χ3v) is 3.43. The lowest BCUT2D eigenvalue weighted by molar-refractivity contribution is -0.385. The van der Waals surface area contributed by atoms with Gasteiger partial charge in [-0.15, -0.1) is 0 Å². The first kappa shape index (κ1) is 14.8. The Labute approximate surface area is 114 Å². The third-order valence-electron chi connectivity index (χ3n) is 2.45. The SMILES string of the molecule is CCCNCCNc1ncc([N+](=O)[O-])c(C)c1Br. The number of nitrogens with zero attached hydrogens (tertiary/aromatic N) is 2. The predicted octanol–water partition coefficient (Wildman–Crippen LogP) is 2.47. The van der Waals surface area contributed by atoms with E-state index in [-0.39, 0.29) is 5.69 Å². The molecule has 1 aromatic heterocycles. The highest BCUT2D eigenvalue weighted by Crippen LogP contribution is 2.30. The van der Waals surface area contributed by atoms with E-state index in [0.29, 0.717) is 15.9 Å². The van der Waals surface area contributed by atoms with Crippen LogP contribution in [0.1, 0.15) is 18.9 Å². The van der Waals surface area contributed by atoms with E-state index in [1.807, 2.05) is 0 Å². The van der Waals surface area contributed by atoms with Crippen LogP contribution < -0.4 is 10.6 Å². The van der Waals surface area contributed by atoms with Gasteiger partial charge in [-0.2, -0.15) is 0 Å². The van der Waals surface area contributed by atoms with Crippen LogP contribution in [0.4, 0.5) is 11.5 Å². The van der Waals surface area contributed by atoms with Gasteiger partial charge in [-0.3, -0.25) is 10.1 Å². The number of hydrogen-bond acceptors (Lipinski definition) is 5. The summed E-state index contributed by atoms with van der Waals surface area (Å²) in [7, 11) is 0. The van der Waals surface area contributed by atoms with E-state index in [4.69, 9.17) is 0 Å². The first-order valence-corrected chi connectivity index (χ1v) is 6.61. The maximum absolute atomic E-state index is 10.7. The van der Waals surface area contributed by atoms with Crippen molar-refractivity contribution in [3.63, 3.8) is 0 Å². The molecule has 0 aromatic carbocycles. The Bertz CT molecular complexity index is 426. The number of pyridine rings is 1. The van der Waals surface area contributed by atoms with Crippen LogP contribution in [0.25, 0.3) is 0 Å². The Morgan fingerprint density at radius 1 is 1.44 bits per heavy atom.